The van der Waals surface area contributed by atoms with Crippen LogP contribution in [0.4, 0.5) is 5.82 Å². The lowest BCUT2D eigenvalue weighted by Gasteiger charge is -2.05. The highest BCUT2D eigenvalue weighted by Crippen LogP contribution is 2.06. The van der Waals surface area contributed by atoms with Gasteiger partial charge in [0.15, 0.2) is 0 Å². The van der Waals surface area contributed by atoms with Gasteiger partial charge in [-0.1, -0.05) is 13.3 Å². The van der Waals surface area contributed by atoms with E-state index in [2.05, 4.69) is 32.2 Å². The predicted molar refractivity (Wildman–Crippen MR) is 66.8 cm³/mol. The molecule has 2 aromatic heterocycles. The molecule has 0 saturated carbocycles. The summed E-state index contributed by atoms with van der Waals surface area (Å²) in [7, 11) is 0. The summed E-state index contributed by atoms with van der Waals surface area (Å²) < 4.78 is 0. The number of aryl methyl sites for hydroxylation is 1. The van der Waals surface area contributed by atoms with Gasteiger partial charge in [0.2, 0.25) is 0 Å². The lowest BCUT2D eigenvalue weighted by atomic mass is 10.2. The van der Waals surface area contributed by atoms with E-state index >= 15 is 0 Å². The lowest BCUT2D eigenvalue weighted by Crippen LogP contribution is -2.07. The number of H-pyrrole nitrogens is 1. The van der Waals surface area contributed by atoms with Crippen LogP contribution in [0.5, 0.6) is 0 Å². The minimum absolute atomic E-state index is 0.838. The van der Waals surface area contributed by atoms with Crippen molar-refractivity contribution < 1.29 is 0 Å². The Morgan fingerprint density at radius 2 is 2.24 bits per heavy atom. The second kappa shape index (κ2) is 5.98. The number of imidazole rings is 1. The SMILES string of the molecule is CCCc1cc(NCCc2cnc[nH]2)ncn1. The predicted octanol–water partition coefficient (Wildman–Crippen LogP) is 1.81. The van der Waals surface area contributed by atoms with Crippen LogP contribution in [0.3, 0.4) is 0 Å². The second-order valence-corrected chi connectivity index (χ2v) is 3.90. The number of aromatic nitrogens is 4. The van der Waals surface area contributed by atoms with Gasteiger partial charge in [0.25, 0.3) is 0 Å². The van der Waals surface area contributed by atoms with Crippen molar-refractivity contribution in [2.45, 2.75) is 26.2 Å². The number of nitrogens with zero attached hydrogens (tertiary/aromatic N) is 3. The fourth-order valence-electron chi connectivity index (χ4n) is 1.63. The van der Waals surface area contributed by atoms with E-state index in [0.717, 1.165) is 43.0 Å². The largest absolute Gasteiger partial charge is 0.370 e. The van der Waals surface area contributed by atoms with Crippen LogP contribution >= 0.6 is 0 Å². The zero-order valence-corrected chi connectivity index (χ0v) is 9.98. The van der Waals surface area contributed by atoms with Crippen molar-refractivity contribution in [1.82, 2.24) is 19.9 Å². The first-order chi connectivity index (χ1) is 8.38. The second-order valence-electron chi connectivity index (χ2n) is 3.90. The van der Waals surface area contributed by atoms with Gasteiger partial charge in [0, 0.05) is 36.6 Å². The minimum Gasteiger partial charge on any atom is -0.370 e. The van der Waals surface area contributed by atoms with Gasteiger partial charge < -0.3 is 10.3 Å². The van der Waals surface area contributed by atoms with Crippen LogP contribution in [0.2, 0.25) is 0 Å². The number of hydrogen-bond acceptors (Lipinski definition) is 4. The van der Waals surface area contributed by atoms with Gasteiger partial charge in [-0.25, -0.2) is 15.0 Å². The van der Waals surface area contributed by atoms with Gasteiger partial charge in [-0.3, -0.25) is 0 Å². The van der Waals surface area contributed by atoms with Crippen LogP contribution in [0.15, 0.2) is 24.9 Å². The van der Waals surface area contributed by atoms with Gasteiger partial charge in [-0.2, -0.15) is 0 Å². The topological polar surface area (TPSA) is 66.5 Å². The normalized spacial score (nSPS) is 10.4. The maximum atomic E-state index is 4.22. The third-order valence-corrected chi connectivity index (χ3v) is 2.49. The van der Waals surface area contributed by atoms with Gasteiger partial charge >= 0.3 is 0 Å². The molecule has 0 bridgehead atoms. The molecule has 2 heterocycles. The van der Waals surface area contributed by atoms with Crippen molar-refractivity contribution in [1.29, 1.82) is 0 Å². The van der Waals surface area contributed by atoms with Crippen LogP contribution in [0, 0.1) is 0 Å². The Hall–Kier alpha value is -1.91. The highest BCUT2D eigenvalue weighted by molar-refractivity contribution is 5.34. The Kier molecular flexibility index (Phi) is 4.07. The third-order valence-electron chi connectivity index (χ3n) is 2.49. The van der Waals surface area contributed by atoms with Crippen molar-refractivity contribution in [3.63, 3.8) is 0 Å². The average molecular weight is 231 g/mol. The summed E-state index contributed by atoms with van der Waals surface area (Å²) in [5.74, 6) is 0.892. The summed E-state index contributed by atoms with van der Waals surface area (Å²) in [6, 6.07) is 2.01. The molecule has 0 aliphatic heterocycles. The van der Waals surface area contributed by atoms with Crippen LogP contribution in [0.1, 0.15) is 24.7 Å². The van der Waals surface area contributed by atoms with E-state index in [4.69, 9.17) is 0 Å². The standard InChI is InChI=1S/C12H17N5/c1-2-3-10-6-12(17-9-16-10)14-5-4-11-7-13-8-15-11/h6-9H,2-5H2,1H3,(H,13,15)(H,14,16,17). The van der Waals surface area contributed by atoms with Crippen molar-refractivity contribution >= 4 is 5.82 Å². The molecule has 0 spiro atoms. The van der Waals surface area contributed by atoms with E-state index in [1.54, 1.807) is 12.7 Å². The Morgan fingerprint density at radius 1 is 1.29 bits per heavy atom. The summed E-state index contributed by atoms with van der Waals surface area (Å²) in [4.78, 5) is 15.5. The quantitative estimate of drug-likeness (QED) is 0.795. The number of anilines is 1. The fraction of sp³-hybridized carbons (Fsp3) is 0.417. The van der Waals surface area contributed by atoms with Crippen molar-refractivity contribution in [3.8, 4) is 0 Å². The molecule has 2 rings (SSSR count). The van der Waals surface area contributed by atoms with Gasteiger partial charge in [-0.15, -0.1) is 0 Å². The van der Waals surface area contributed by atoms with Gasteiger partial charge in [0.1, 0.15) is 12.1 Å². The first kappa shape index (κ1) is 11.6. The Morgan fingerprint density at radius 3 is 3.00 bits per heavy atom. The molecule has 17 heavy (non-hydrogen) atoms. The van der Waals surface area contributed by atoms with Gasteiger partial charge in [0.05, 0.1) is 6.33 Å². The molecular formula is C12H17N5. The van der Waals surface area contributed by atoms with E-state index in [9.17, 15) is 0 Å². The van der Waals surface area contributed by atoms with E-state index in [-0.39, 0.29) is 0 Å². The highest BCUT2D eigenvalue weighted by atomic mass is 15.0. The molecule has 0 aliphatic rings. The number of aromatic amines is 1. The molecule has 0 aromatic carbocycles. The average Bonchev–Trinajstić information content (AvgIpc) is 2.83. The molecule has 0 radical (unpaired) electrons. The molecule has 0 saturated heterocycles. The Bertz CT molecular complexity index is 438. The molecule has 0 unspecified atom stereocenters. The molecule has 90 valence electrons. The molecule has 5 heteroatoms. The van der Waals surface area contributed by atoms with E-state index in [0.29, 0.717) is 0 Å². The Labute approximate surface area is 101 Å². The molecule has 0 atom stereocenters. The van der Waals surface area contributed by atoms with Crippen molar-refractivity contribution in [2.75, 3.05) is 11.9 Å². The molecule has 0 aliphatic carbocycles. The summed E-state index contributed by atoms with van der Waals surface area (Å²) in [6.07, 6.45) is 8.16. The third kappa shape index (κ3) is 3.55. The van der Waals surface area contributed by atoms with Crippen LogP contribution in [-0.2, 0) is 12.8 Å². The lowest BCUT2D eigenvalue weighted by molar-refractivity contribution is 0.869. The summed E-state index contributed by atoms with van der Waals surface area (Å²) in [5.41, 5.74) is 2.21. The Balaban J connectivity index is 1.84. The zero-order chi connectivity index (χ0) is 11.9. The van der Waals surface area contributed by atoms with Gasteiger partial charge in [-0.05, 0) is 6.42 Å². The maximum Gasteiger partial charge on any atom is 0.129 e. The van der Waals surface area contributed by atoms with Crippen LogP contribution < -0.4 is 5.32 Å². The van der Waals surface area contributed by atoms with E-state index in [1.165, 1.54) is 0 Å². The summed E-state index contributed by atoms with van der Waals surface area (Å²) in [5, 5.41) is 3.28. The molecule has 5 nitrogen and oxygen atoms in total. The zero-order valence-electron chi connectivity index (χ0n) is 9.98. The molecule has 2 aromatic rings. The van der Waals surface area contributed by atoms with E-state index in [1.807, 2.05) is 12.3 Å². The smallest absolute Gasteiger partial charge is 0.129 e. The van der Waals surface area contributed by atoms with Crippen LogP contribution in [0.25, 0.3) is 0 Å². The number of nitrogens with one attached hydrogen (secondary N) is 2. The first-order valence-electron chi connectivity index (χ1n) is 5.90. The summed E-state index contributed by atoms with van der Waals surface area (Å²) >= 11 is 0. The fourth-order valence-corrected chi connectivity index (χ4v) is 1.63. The van der Waals surface area contributed by atoms with E-state index < -0.39 is 0 Å². The number of hydrogen-bond donors (Lipinski definition) is 2. The van der Waals surface area contributed by atoms with Crippen molar-refractivity contribution in [2.24, 2.45) is 0 Å². The van der Waals surface area contributed by atoms with Crippen molar-refractivity contribution in [3.05, 3.63) is 36.3 Å². The monoisotopic (exact) mass is 231 g/mol. The minimum atomic E-state index is 0.838. The molecule has 0 fully saturated rings. The first-order valence-corrected chi connectivity index (χ1v) is 5.90. The highest BCUT2D eigenvalue weighted by Gasteiger charge is 1.98. The van der Waals surface area contributed by atoms with Crippen LogP contribution in [-0.4, -0.2) is 26.5 Å². The summed E-state index contributed by atoms with van der Waals surface area (Å²) in [6.45, 7) is 2.98. The molecular weight excluding hydrogens is 214 g/mol. The maximum absolute atomic E-state index is 4.22. The number of rotatable bonds is 6. The molecule has 2 N–H and O–H groups in total. The molecule has 0 amide bonds.